The van der Waals surface area contributed by atoms with Crippen molar-refractivity contribution in [2.45, 2.75) is 44.9 Å². The van der Waals surface area contributed by atoms with Gasteiger partial charge in [0.25, 0.3) is 11.6 Å². The highest BCUT2D eigenvalue weighted by Gasteiger charge is 2.44. The summed E-state index contributed by atoms with van der Waals surface area (Å²) in [7, 11) is 1.63. The van der Waals surface area contributed by atoms with Gasteiger partial charge in [0.05, 0.1) is 34.1 Å². The van der Waals surface area contributed by atoms with Gasteiger partial charge in [0.1, 0.15) is 6.61 Å². The Bertz CT molecular complexity index is 1440. The first-order chi connectivity index (χ1) is 16.5. The molecule has 1 aromatic carbocycles. The summed E-state index contributed by atoms with van der Waals surface area (Å²) >= 11 is 6.21. The first-order valence-corrected chi connectivity index (χ1v) is 11.6. The number of aryl methyl sites for hydroxylation is 1. The molecule has 0 saturated carbocycles. The molecule has 3 aromatic heterocycles. The molecule has 1 fully saturated rings. The van der Waals surface area contributed by atoms with E-state index in [4.69, 9.17) is 25.8 Å². The summed E-state index contributed by atoms with van der Waals surface area (Å²) in [6.45, 7) is 2.20. The monoisotopic (exact) mass is 475 g/mol. The zero-order valence-electron chi connectivity index (χ0n) is 18.8. The zero-order valence-corrected chi connectivity index (χ0v) is 19.5. The van der Waals surface area contributed by atoms with Crippen LogP contribution in [-0.4, -0.2) is 44.1 Å². The molecule has 2 atom stereocenters. The lowest BCUT2D eigenvalue weighted by Crippen LogP contribution is -2.42. The minimum atomic E-state index is -0.0594. The van der Waals surface area contributed by atoms with Crippen molar-refractivity contribution in [1.29, 1.82) is 0 Å². The highest BCUT2D eigenvalue weighted by Crippen LogP contribution is 2.44. The van der Waals surface area contributed by atoms with E-state index < -0.39 is 0 Å². The Labute approximate surface area is 200 Å². The van der Waals surface area contributed by atoms with Crippen molar-refractivity contribution in [3.63, 3.8) is 0 Å². The molecule has 0 spiro atoms. The second kappa shape index (κ2) is 8.14. The van der Waals surface area contributed by atoms with Crippen LogP contribution in [0.2, 0.25) is 5.02 Å². The van der Waals surface area contributed by atoms with Crippen molar-refractivity contribution in [2.24, 2.45) is 0 Å². The number of methoxy groups -OCH3 is 1. The van der Waals surface area contributed by atoms with Crippen LogP contribution in [0.5, 0.6) is 0 Å². The van der Waals surface area contributed by atoms with Crippen LogP contribution in [0, 0.1) is 6.92 Å². The van der Waals surface area contributed by atoms with Crippen molar-refractivity contribution in [1.82, 2.24) is 25.0 Å². The second-order valence-electron chi connectivity index (χ2n) is 8.80. The van der Waals surface area contributed by atoms with Crippen molar-refractivity contribution in [3.8, 4) is 11.3 Å². The predicted molar refractivity (Wildman–Crippen MR) is 125 cm³/mol. The number of hydrogen-bond donors (Lipinski definition) is 0. The second-order valence-corrected chi connectivity index (χ2v) is 9.23. The molecule has 1 saturated heterocycles. The number of nitrogens with zero attached hydrogens (tertiary/aromatic N) is 5. The van der Waals surface area contributed by atoms with E-state index in [1.54, 1.807) is 13.2 Å². The number of carbonyl (C=O) groups excluding carboxylic acids is 1. The summed E-state index contributed by atoms with van der Waals surface area (Å²) in [5.74, 6) is 0.614. The van der Waals surface area contributed by atoms with Gasteiger partial charge in [-0.1, -0.05) is 28.9 Å². The molecule has 172 valence electrons. The van der Waals surface area contributed by atoms with E-state index in [9.17, 15) is 4.79 Å². The van der Waals surface area contributed by atoms with Gasteiger partial charge in [-0.15, -0.1) is 0 Å². The molecule has 5 heterocycles. The standard InChI is InChI=1S/C25H22ClN5O3/c1-13-23-17(10-19(29-24(23)34-30-13)14-4-3-5-15(26)8-14)25(32)31-16-6-7-21(31)18-11-27-22(12-33-2)28-20(18)9-16/h3-5,8,10-11,16,21H,6-7,9,12H2,1-2H3. The number of fused-ring (bicyclic) bond motifs is 5. The van der Waals surface area contributed by atoms with E-state index in [2.05, 4.69) is 15.1 Å². The van der Waals surface area contributed by atoms with Crippen LogP contribution in [0.3, 0.4) is 0 Å². The average molecular weight is 476 g/mol. The maximum atomic E-state index is 14.1. The Morgan fingerprint density at radius 2 is 2.15 bits per heavy atom. The van der Waals surface area contributed by atoms with Gasteiger partial charge >= 0.3 is 0 Å². The predicted octanol–water partition coefficient (Wildman–Crippen LogP) is 4.69. The van der Waals surface area contributed by atoms with Gasteiger partial charge in [-0.25, -0.2) is 15.0 Å². The van der Waals surface area contributed by atoms with E-state index in [1.165, 1.54) is 0 Å². The van der Waals surface area contributed by atoms with E-state index in [-0.39, 0.29) is 18.0 Å². The van der Waals surface area contributed by atoms with Gasteiger partial charge < -0.3 is 14.2 Å². The van der Waals surface area contributed by atoms with Crippen LogP contribution in [0.25, 0.3) is 22.4 Å². The smallest absolute Gasteiger partial charge is 0.259 e. The van der Waals surface area contributed by atoms with Crippen LogP contribution in [0.4, 0.5) is 0 Å². The SMILES string of the molecule is COCc1ncc2c(n1)CC1CCC2N1C(=O)c1cc(-c2cccc(Cl)c2)nc2onc(C)c12. The number of rotatable bonds is 4. The lowest BCUT2D eigenvalue weighted by atomic mass is 9.97. The molecule has 2 unspecified atom stereocenters. The van der Waals surface area contributed by atoms with Crippen LogP contribution >= 0.6 is 11.6 Å². The van der Waals surface area contributed by atoms with Crippen molar-refractivity contribution in [2.75, 3.05) is 7.11 Å². The van der Waals surface area contributed by atoms with Crippen molar-refractivity contribution in [3.05, 3.63) is 69.9 Å². The Kier molecular flexibility index (Phi) is 5.08. The highest BCUT2D eigenvalue weighted by molar-refractivity contribution is 6.30. The molecule has 8 nitrogen and oxygen atoms in total. The normalized spacial score (nSPS) is 19.0. The van der Waals surface area contributed by atoms with Gasteiger partial charge in [0, 0.05) is 41.9 Å². The maximum absolute atomic E-state index is 14.1. The minimum absolute atomic E-state index is 0.0545. The number of ether oxygens (including phenoxy) is 1. The molecular weight excluding hydrogens is 454 g/mol. The molecule has 0 N–H and O–H groups in total. The fourth-order valence-electron chi connectivity index (χ4n) is 5.23. The Morgan fingerprint density at radius 1 is 1.26 bits per heavy atom. The number of amides is 1. The highest BCUT2D eigenvalue weighted by atomic mass is 35.5. The number of pyridine rings is 1. The van der Waals surface area contributed by atoms with E-state index in [0.717, 1.165) is 29.7 Å². The largest absolute Gasteiger partial charge is 0.377 e. The maximum Gasteiger partial charge on any atom is 0.259 e. The van der Waals surface area contributed by atoms with Gasteiger partial charge in [-0.2, -0.15) is 0 Å². The molecule has 0 radical (unpaired) electrons. The fraction of sp³-hybridized carbons (Fsp3) is 0.320. The minimum Gasteiger partial charge on any atom is -0.377 e. The van der Waals surface area contributed by atoms with Crippen molar-refractivity contribution < 1.29 is 14.1 Å². The topological polar surface area (TPSA) is 94.2 Å². The van der Waals surface area contributed by atoms with E-state index in [1.807, 2.05) is 42.3 Å². The molecule has 2 bridgehead atoms. The van der Waals surface area contributed by atoms with Gasteiger partial charge in [0.2, 0.25) is 0 Å². The lowest BCUT2D eigenvalue weighted by Gasteiger charge is -2.36. The Hall–Kier alpha value is -3.36. The number of halogens is 1. The Morgan fingerprint density at radius 3 is 2.97 bits per heavy atom. The molecule has 2 aliphatic heterocycles. The Balaban J connectivity index is 1.44. The van der Waals surface area contributed by atoms with Crippen molar-refractivity contribution >= 4 is 28.6 Å². The summed E-state index contributed by atoms with van der Waals surface area (Å²) in [6, 6.07) is 9.24. The van der Waals surface area contributed by atoms with E-state index in [0.29, 0.717) is 51.9 Å². The van der Waals surface area contributed by atoms with Crippen LogP contribution < -0.4 is 0 Å². The fourth-order valence-corrected chi connectivity index (χ4v) is 5.42. The summed E-state index contributed by atoms with van der Waals surface area (Å²) in [6.07, 6.45) is 4.36. The first-order valence-electron chi connectivity index (χ1n) is 11.2. The molecular formula is C25H22ClN5O3. The van der Waals surface area contributed by atoms with Crippen LogP contribution in [0.1, 0.15) is 52.0 Å². The third kappa shape index (κ3) is 3.36. The summed E-state index contributed by atoms with van der Waals surface area (Å²) in [5, 5.41) is 5.33. The summed E-state index contributed by atoms with van der Waals surface area (Å²) < 4.78 is 10.7. The summed E-state index contributed by atoms with van der Waals surface area (Å²) in [4.78, 5) is 29.9. The van der Waals surface area contributed by atoms with Crippen LogP contribution in [0.15, 0.2) is 41.1 Å². The molecule has 34 heavy (non-hydrogen) atoms. The lowest BCUT2D eigenvalue weighted by molar-refractivity contribution is 0.0645. The number of aromatic nitrogens is 4. The third-order valence-corrected chi connectivity index (χ3v) is 6.95. The third-order valence-electron chi connectivity index (χ3n) is 6.72. The first kappa shape index (κ1) is 21.2. The molecule has 6 rings (SSSR count). The quantitative estimate of drug-likeness (QED) is 0.422. The molecule has 9 heteroatoms. The number of benzene rings is 1. The van der Waals surface area contributed by atoms with E-state index >= 15 is 0 Å². The summed E-state index contributed by atoms with van der Waals surface area (Å²) in [5.41, 5.74) is 4.98. The number of hydrogen-bond acceptors (Lipinski definition) is 7. The number of carbonyl (C=O) groups is 1. The molecule has 2 aliphatic rings. The molecule has 1 amide bonds. The molecule has 4 aromatic rings. The van der Waals surface area contributed by atoms with Gasteiger partial charge in [-0.05, 0) is 38.0 Å². The van der Waals surface area contributed by atoms with Gasteiger partial charge in [-0.3, -0.25) is 4.79 Å². The zero-order chi connectivity index (χ0) is 23.4. The van der Waals surface area contributed by atoms with Gasteiger partial charge in [0.15, 0.2) is 5.82 Å². The van der Waals surface area contributed by atoms with Crippen LogP contribution in [-0.2, 0) is 17.8 Å². The molecule has 0 aliphatic carbocycles. The average Bonchev–Trinajstić information content (AvgIpc) is 3.37.